The van der Waals surface area contributed by atoms with Gasteiger partial charge >= 0.3 is 0 Å². The molecular formula is C16H25N. The first-order chi connectivity index (χ1) is 8.24. The van der Waals surface area contributed by atoms with Crippen LogP contribution in [0.1, 0.15) is 64.7 Å². The Morgan fingerprint density at radius 1 is 0.765 bits per heavy atom. The van der Waals surface area contributed by atoms with Crippen molar-refractivity contribution in [1.29, 1.82) is 0 Å². The number of hydrogen-bond donors (Lipinski definition) is 0. The predicted molar refractivity (Wildman–Crippen MR) is 68.8 cm³/mol. The zero-order valence-corrected chi connectivity index (χ0v) is 11.2. The van der Waals surface area contributed by atoms with Crippen molar-refractivity contribution in [3.8, 4) is 0 Å². The Labute approximate surface area is 105 Å². The molecule has 1 saturated heterocycles. The van der Waals surface area contributed by atoms with Crippen molar-refractivity contribution in [2.45, 2.75) is 70.3 Å². The highest BCUT2D eigenvalue weighted by molar-refractivity contribution is 5.35. The molecule has 5 aliphatic rings. The van der Waals surface area contributed by atoms with Crippen LogP contribution in [-0.4, -0.2) is 23.5 Å². The molecule has 17 heavy (non-hydrogen) atoms. The third-order valence-corrected chi connectivity index (χ3v) is 7.63. The topological polar surface area (TPSA) is 3.01 Å². The maximum absolute atomic E-state index is 2.85. The van der Waals surface area contributed by atoms with Gasteiger partial charge in [-0.15, -0.1) is 0 Å². The molecule has 0 N–H and O–H groups in total. The van der Waals surface area contributed by atoms with E-state index < -0.39 is 0 Å². The summed E-state index contributed by atoms with van der Waals surface area (Å²) < 4.78 is 0. The molecule has 0 bridgehead atoms. The lowest BCUT2D eigenvalue weighted by atomic mass is 9.67. The second-order valence-electron chi connectivity index (χ2n) is 7.82. The highest BCUT2D eigenvalue weighted by Gasteiger charge is 2.84. The van der Waals surface area contributed by atoms with E-state index >= 15 is 0 Å². The van der Waals surface area contributed by atoms with Crippen molar-refractivity contribution in [2.24, 2.45) is 16.2 Å². The maximum Gasteiger partial charge on any atom is 0.0273 e. The SMILES string of the molecule is CCC1(C2(C3(C4(N5CC5)CC4)CC3)CC2)CC1. The first-order valence-corrected chi connectivity index (χ1v) is 8.00. The van der Waals surface area contributed by atoms with Crippen molar-refractivity contribution >= 4 is 0 Å². The second kappa shape index (κ2) is 2.48. The Bertz CT molecular complexity index is 376. The van der Waals surface area contributed by atoms with Crippen LogP contribution in [0.2, 0.25) is 0 Å². The normalized spacial score (nSPS) is 40.8. The minimum Gasteiger partial charge on any atom is -0.295 e. The van der Waals surface area contributed by atoms with E-state index in [0.717, 1.165) is 21.8 Å². The summed E-state index contributed by atoms with van der Waals surface area (Å²) in [5, 5.41) is 0. The Kier molecular flexibility index (Phi) is 1.43. The Morgan fingerprint density at radius 3 is 1.65 bits per heavy atom. The lowest BCUT2D eigenvalue weighted by Crippen LogP contribution is -2.43. The van der Waals surface area contributed by atoms with Crippen LogP contribution in [0.4, 0.5) is 0 Å². The van der Waals surface area contributed by atoms with Gasteiger partial charge < -0.3 is 0 Å². The second-order valence-corrected chi connectivity index (χ2v) is 7.82. The lowest BCUT2D eigenvalue weighted by Gasteiger charge is -2.41. The molecule has 0 amide bonds. The molecule has 0 spiro atoms. The summed E-state index contributed by atoms with van der Waals surface area (Å²) in [4.78, 5) is 2.85. The summed E-state index contributed by atoms with van der Waals surface area (Å²) in [6.07, 6.45) is 14.1. The molecule has 1 heterocycles. The largest absolute Gasteiger partial charge is 0.295 e. The summed E-state index contributed by atoms with van der Waals surface area (Å²) in [5.41, 5.74) is 3.24. The van der Waals surface area contributed by atoms with Crippen molar-refractivity contribution in [1.82, 2.24) is 4.90 Å². The highest BCUT2D eigenvalue weighted by atomic mass is 15.4. The molecule has 4 aliphatic carbocycles. The molecule has 5 rings (SSSR count). The van der Waals surface area contributed by atoms with E-state index in [2.05, 4.69) is 11.8 Å². The highest BCUT2D eigenvalue weighted by Crippen LogP contribution is 2.89. The van der Waals surface area contributed by atoms with Crippen LogP contribution in [0, 0.1) is 16.2 Å². The fourth-order valence-electron chi connectivity index (χ4n) is 6.17. The van der Waals surface area contributed by atoms with Gasteiger partial charge in [-0.1, -0.05) is 6.92 Å². The molecule has 0 aromatic carbocycles. The molecule has 4 saturated carbocycles. The number of rotatable bonds is 5. The quantitative estimate of drug-likeness (QED) is 0.654. The van der Waals surface area contributed by atoms with Crippen molar-refractivity contribution in [3.05, 3.63) is 0 Å². The van der Waals surface area contributed by atoms with Gasteiger partial charge in [0.25, 0.3) is 0 Å². The zero-order chi connectivity index (χ0) is 11.4. The van der Waals surface area contributed by atoms with Crippen LogP contribution in [0.15, 0.2) is 0 Å². The van der Waals surface area contributed by atoms with Gasteiger partial charge in [0, 0.05) is 18.6 Å². The predicted octanol–water partition coefficient (Wildman–Crippen LogP) is 3.59. The monoisotopic (exact) mass is 231 g/mol. The maximum atomic E-state index is 2.85. The number of nitrogens with zero attached hydrogens (tertiary/aromatic N) is 1. The molecule has 94 valence electrons. The van der Waals surface area contributed by atoms with Crippen LogP contribution < -0.4 is 0 Å². The van der Waals surface area contributed by atoms with Gasteiger partial charge in [0.05, 0.1) is 0 Å². The van der Waals surface area contributed by atoms with Gasteiger partial charge in [-0.3, -0.25) is 4.90 Å². The van der Waals surface area contributed by atoms with Gasteiger partial charge in [-0.05, 0) is 74.0 Å². The Balaban J connectivity index is 1.55. The zero-order valence-electron chi connectivity index (χ0n) is 11.2. The first kappa shape index (κ1) is 9.83. The lowest BCUT2D eigenvalue weighted by molar-refractivity contribution is 0.0694. The Morgan fingerprint density at radius 2 is 1.35 bits per heavy atom. The van der Waals surface area contributed by atoms with Gasteiger partial charge in [0.1, 0.15) is 0 Å². The fourth-order valence-corrected chi connectivity index (χ4v) is 6.17. The Hall–Kier alpha value is -0.0400. The molecule has 0 aromatic heterocycles. The van der Waals surface area contributed by atoms with Crippen LogP contribution in [0.3, 0.4) is 0 Å². The average molecular weight is 231 g/mol. The van der Waals surface area contributed by atoms with Crippen molar-refractivity contribution in [2.75, 3.05) is 13.1 Å². The molecule has 0 unspecified atom stereocenters. The summed E-state index contributed by atoms with van der Waals surface area (Å²) >= 11 is 0. The summed E-state index contributed by atoms with van der Waals surface area (Å²) in [6, 6.07) is 0. The molecule has 5 fully saturated rings. The average Bonchev–Trinajstić information content (AvgIpc) is 3.15. The van der Waals surface area contributed by atoms with Gasteiger partial charge in [-0.25, -0.2) is 0 Å². The van der Waals surface area contributed by atoms with Crippen molar-refractivity contribution in [3.63, 3.8) is 0 Å². The molecule has 1 heteroatoms. The van der Waals surface area contributed by atoms with Gasteiger partial charge in [0.2, 0.25) is 0 Å². The van der Waals surface area contributed by atoms with Crippen molar-refractivity contribution < 1.29 is 0 Å². The van der Waals surface area contributed by atoms with E-state index in [9.17, 15) is 0 Å². The van der Waals surface area contributed by atoms with E-state index in [1.807, 2.05) is 0 Å². The number of hydrogen-bond acceptors (Lipinski definition) is 1. The first-order valence-electron chi connectivity index (χ1n) is 8.00. The van der Waals surface area contributed by atoms with E-state index in [1.165, 1.54) is 19.5 Å². The molecule has 1 aliphatic heterocycles. The van der Waals surface area contributed by atoms with Crippen LogP contribution >= 0.6 is 0 Å². The molecule has 0 atom stereocenters. The third-order valence-electron chi connectivity index (χ3n) is 7.63. The van der Waals surface area contributed by atoms with Crippen LogP contribution in [0.5, 0.6) is 0 Å². The van der Waals surface area contributed by atoms with E-state index in [1.54, 1.807) is 51.4 Å². The molecular weight excluding hydrogens is 206 g/mol. The molecule has 0 aromatic rings. The molecule has 1 nitrogen and oxygen atoms in total. The van der Waals surface area contributed by atoms with E-state index in [0.29, 0.717) is 0 Å². The fraction of sp³-hybridized carbons (Fsp3) is 1.00. The standard InChI is InChI=1S/C16H25N/c1-2-13(3-4-13)14(5-6-14)15(7-8-15)16(9-10-16)17-11-12-17/h2-12H2,1H3. The summed E-state index contributed by atoms with van der Waals surface area (Å²) in [7, 11) is 0. The van der Waals surface area contributed by atoms with E-state index in [-0.39, 0.29) is 0 Å². The minimum atomic E-state index is 0.744. The minimum absolute atomic E-state index is 0.744. The summed E-state index contributed by atoms with van der Waals surface area (Å²) in [5.74, 6) is 0. The third kappa shape index (κ3) is 0.895. The van der Waals surface area contributed by atoms with Gasteiger partial charge in [-0.2, -0.15) is 0 Å². The van der Waals surface area contributed by atoms with Gasteiger partial charge in [0.15, 0.2) is 0 Å². The van der Waals surface area contributed by atoms with Crippen LogP contribution in [0.25, 0.3) is 0 Å². The van der Waals surface area contributed by atoms with E-state index in [4.69, 9.17) is 0 Å². The summed E-state index contributed by atoms with van der Waals surface area (Å²) in [6.45, 7) is 5.33. The molecule has 0 radical (unpaired) electrons. The van der Waals surface area contributed by atoms with Crippen LogP contribution in [-0.2, 0) is 0 Å². The smallest absolute Gasteiger partial charge is 0.0273 e.